The molecule has 0 radical (unpaired) electrons. The van der Waals surface area contributed by atoms with E-state index in [9.17, 15) is 4.79 Å². The Bertz CT molecular complexity index is 362. The summed E-state index contributed by atoms with van der Waals surface area (Å²) in [6.45, 7) is 6.37. The van der Waals surface area contributed by atoms with Crippen molar-refractivity contribution in [2.24, 2.45) is 11.7 Å². The van der Waals surface area contributed by atoms with Gasteiger partial charge in [0.1, 0.15) is 0 Å². The number of rotatable bonds is 7. The first-order valence-corrected chi connectivity index (χ1v) is 6.44. The molecule has 0 heterocycles. The van der Waals surface area contributed by atoms with Gasteiger partial charge in [-0.1, -0.05) is 44.2 Å². The molecule has 0 aliphatic heterocycles. The maximum atomic E-state index is 11.8. The van der Waals surface area contributed by atoms with Crippen molar-refractivity contribution >= 4 is 5.78 Å². The molecule has 0 aromatic heterocycles. The van der Waals surface area contributed by atoms with Crippen molar-refractivity contribution in [1.82, 2.24) is 0 Å². The zero-order valence-corrected chi connectivity index (χ0v) is 11.4. The molecule has 2 atom stereocenters. The lowest BCUT2D eigenvalue weighted by atomic mass is 9.99. The Kier molecular flexibility index (Phi) is 6.02. The topological polar surface area (TPSA) is 52.3 Å². The highest BCUT2D eigenvalue weighted by Gasteiger charge is 2.21. The SMILES string of the molecule is CC(C)CC(=O)[C@H](N)[C@H](C)OCc1ccccc1. The monoisotopic (exact) mass is 249 g/mol. The summed E-state index contributed by atoms with van der Waals surface area (Å²) in [6, 6.07) is 9.35. The smallest absolute Gasteiger partial charge is 0.152 e. The van der Waals surface area contributed by atoms with E-state index in [1.54, 1.807) is 0 Å². The second kappa shape index (κ2) is 7.29. The standard InChI is InChI=1S/C15H23NO2/c1-11(2)9-14(17)15(16)12(3)18-10-13-7-5-4-6-8-13/h4-8,11-12,15H,9-10,16H2,1-3H3/t12-,15+/m0/s1. The predicted molar refractivity (Wildman–Crippen MR) is 73.1 cm³/mol. The first-order chi connectivity index (χ1) is 8.50. The Morgan fingerprint density at radius 2 is 1.83 bits per heavy atom. The highest BCUT2D eigenvalue weighted by molar-refractivity contribution is 5.84. The molecule has 0 saturated carbocycles. The van der Waals surface area contributed by atoms with Crippen molar-refractivity contribution in [3.63, 3.8) is 0 Å². The average molecular weight is 249 g/mol. The number of ether oxygens (including phenoxy) is 1. The fraction of sp³-hybridized carbons (Fsp3) is 0.533. The van der Waals surface area contributed by atoms with Gasteiger partial charge >= 0.3 is 0 Å². The Balaban J connectivity index is 2.40. The summed E-state index contributed by atoms with van der Waals surface area (Å²) in [6.07, 6.45) is 0.261. The molecule has 0 spiro atoms. The largest absolute Gasteiger partial charge is 0.372 e. The van der Waals surface area contributed by atoms with Gasteiger partial charge in [0, 0.05) is 6.42 Å². The van der Waals surface area contributed by atoms with Crippen LogP contribution in [0.3, 0.4) is 0 Å². The molecule has 3 heteroatoms. The Morgan fingerprint density at radius 3 is 2.39 bits per heavy atom. The first kappa shape index (κ1) is 14.9. The normalized spacial score (nSPS) is 14.5. The van der Waals surface area contributed by atoms with Crippen LogP contribution in [0.1, 0.15) is 32.8 Å². The average Bonchev–Trinajstić information content (AvgIpc) is 2.35. The lowest BCUT2D eigenvalue weighted by Crippen LogP contribution is -2.42. The lowest BCUT2D eigenvalue weighted by Gasteiger charge is -2.20. The van der Waals surface area contributed by atoms with Crippen LogP contribution in [0.4, 0.5) is 0 Å². The van der Waals surface area contributed by atoms with E-state index in [1.807, 2.05) is 51.1 Å². The van der Waals surface area contributed by atoms with E-state index in [2.05, 4.69) is 0 Å². The Labute approximate surface area is 109 Å². The van der Waals surface area contributed by atoms with Crippen molar-refractivity contribution in [2.75, 3.05) is 0 Å². The van der Waals surface area contributed by atoms with Gasteiger partial charge in [-0.05, 0) is 18.4 Å². The zero-order valence-electron chi connectivity index (χ0n) is 11.4. The number of hydrogen-bond acceptors (Lipinski definition) is 3. The van der Waals surface area contributed by atoms with E-state index in [-0.39, 0.29) is 11.9 Å². The summed E-state index contributed by atoms with van der Waals surface area (Å²) in [5, 5.41) is 0. The van der Waals surface area contributed by atoms with E-state index in [1.165, 1.54) is 0 Å². The van der Waals surface area contributed by atoms with Crippen LogP contribution < -0.4 is 5.73 Å². The Hall–Kier alpha value is -1.19. The van der Waals surface area contributed by atoms with Gasteiger partial charge < -0.3 is 10.5 Å². The third-order valence-electron chi connectivity index (χ3n) is 2.84. The van der Waals surface area contributed by atoms with Crippen molar-refractivity contribution in [3.05, 3.63) is 35.9 Å². The Morgan fingerprint density at radius 1 is 1.22 bits per heavy atom. The molecule has 0 aliphatic carbocycles. The van der Waals surface area contributed by atoms with E-state index >= 15 is 0 Å². The fourth-order valence-electron chi connectivity index (χ4n) is 1.71. The summed E-state index contributed by atoms with van der Waals surface area (Å²) in [4.78, 5) is 11.8. The summed E-state index contributed by atoms with van der Waals surface area (Å²) >= 11 is 0. The van der Waals surface area contributed by atoms with E-state index < -0.39 is 6.04 Å². The maximum Gasteiger partial charge on any atom is 0.152 e. The van der Waals surface area contributed by atoms with Crippen molar-refractivity contribution in [3.8, 4) is 0 Å². The molecule has 0 bridgehead atoms. The highest BCUT2D eigenvalue weighted by Crippen LogP contribution is 2.09. The third-order valence-corrected chi connectivity index (χ3v) is 2.84. The number of carbonyl (C=O) groups excluding carboxylic acids is 1. The van der Waals surface area contributed by atoms with Gasteiger partial charge in [0.25, 0.3) is 0 Å². The summed E-state index contributed by atoms with van der Waals surface area (Å²) < 4.78 is 5.65. The van der Waals surface area contributed by atoms with Gasteiger partial charge in [-0.3, -0.25) is 4.79 Å². The van der Waals surface area contributed by atoms with Gasteiger partial charge in [0.15, 0.2) is 5.78 Å². The number of nitrogens with two attached hydrogens (primary N) is 1. The fourth-order valence-corrected chi connectivity index (χ4v) is 1.71. The molecule has 0 aliphatic rings. The molecule has 0 unspecified atom stereocenters. The molecular formula is C15H23NO2. The second-order valence-corrected chi connectivity index (χ2v) is 5.09. The van der Waals surface area contributed by atoms with Gasteiger partial charge in [0.2, 0.25) is 0 Å². The highest BCUT2D eigenvalue weighted by atomic mass is 16.5. The van der Waals surface area contributed by atoms with Crippen LogP contribution in [-0.2, 0) is 16.1 Å². The molecule has 2 N–H and O–H groups in total. The van der Waals surface area contributed by atoms with Crippen molar-refractivity contribution in [1.29, 1.82) is 0 Å². The molecule has 0 fully saturated rings. The zero-order chi connectivity index (χ0) is 13.5. The van der Waals surface area contributed by atoms with Crippen LogP contribution in [-0.4, -0.2) is 17.9 Å². The molecule has 3 nitrogen and oxygen atoms in total. The first-order valence-electron chi connectivity index (χ1n) is 6.44. The van der Waals surface area contributed by atoms with E-state index in [0.29, 0.717) is 18.9 Å². The van der Waals surface area contributed by atoms with Crippen LogP contribution in [0, 0.1) is 5.92 Å². The van der Waals surface area contributed by atoms with Gasteiger partial charge in [-0.25, -0.2) is 0 Å². The minimum atomic E-state index is -0.531. The van der Waals surface area contributed by atoms with Crippen molar-refractivity contribution in [2.45, 2.75) is 45.9 Å². The number of hydrogen-bond donors (Lipinski definition) is 1. The predicted octanol–water partition coefficient (Wildman–Crippen LogP) is 2.53. The molecule has 1 aromatic rings. The molecule has 18 heavy (non-hydrogen) atoms. The van der Waals surface area contributed by atoms with Gasteiger partial charge in [0.05, 0.1) is 18.8 Å². The number of Topliss-reactive ketones (excluding diaryl/α,β-unsaturated/α-hetero) is 1. The quantitative estimate of drug-likeness (QED) is 0.808. The van der Waals surface area contributed by atoms with Crippen molar-refractivity contribution < 1.29 is 9.53 Å². The van der Waals surface area contributed by atoms with Crippen LogP contribution in [0.5, 0.6) is 0 Å². The molecule has 1 aromatic carbocycles. The summed E-state index contributed by atoms with van der Waals surface area (Å²) in [5.74, 6) is 0.412. The number of benzene rings is 1. The summed E-state index contributed by atoms with van der Waals surface area (Å²) in [7, 11) is 0. The van der Waals surface area contributed by atoms with Crippen LogP contribution in [0.15, 0.2) is 30.3 Å². The third kappa shape index (κ3) is 4.98. The lowest BCUT2D eigenvalue weighted by molar-refractivity contribution is -0.124. The molecule has 100 valence electrons. The van der Waals surface area contributed by atoms with Gasteiger partial charge in [-0.2, -0.15) is 0 Å². The van der Waals surface area contributed by atoms with E-state index in [0.717, 1.165) is 5.56 Å². The van der Waals surface area contributed by atoms with E-state index in [4.69, 9.17) is 10.5 Å². The van der Waals surface area contributed by atoms with Crippen LogP contribution in [0.25, 0.3) is 0 Å². The maximum absolute atomic E-state index is 11.8. The molecule has 1 rings (SSSR count). The molecule has 0 amide bonds. The molecule has 0 saturated heterocycles. The summed E-state index contributed by atoms with van der Waals surface area (Å²) in [5.41, 5.74) is 6.99. The van der Waals surface area contributed by atoms with Crippen LogP contribution >= 0.6 is 0 Å². The minimum absolute atomic E-state index is 0.0746. The van der Waals surface area contributed by atoms with Gasteiger partial charge in [-0.15, -0.1) is 0 Å². The second-order valence-electron chi connectivity index (χ2n) is 5.09. The molecular weight excluding hydrogens is 226 g/mol. The van der Waals surface area contributed by atoms with Crippen LogP contribution in [0.2, 0.25) is 0 Å². The number of carbonyl (C=O) groups is 1. The minimum Gasteiger partial charge on any atom is -0.372 e. The number of ketones is 1.